The summed E-state index contributed by atoms with van der Waals surface area (Å²) < 4.78 is 21.2. The third-order valence-electron chi connectivity index (χ3n) is 4.20. The van der Waals surface area contributed by atoms with Crippen LogP contribution < -0.4 is 0 Å². The van der Waals surface area contributed by atoms with Crippen LogP contribution in [0.2, 0.25) is 10.0 Å². The molecule has 0 amide bonds. The molecule has 120 valence electrons. The average molecular weight is 353 g/mol. The van der Waals surface area contributed by atoms with E-state index in [0.717, 1.165) is 16.7 Å². The van der Waals surface area contributed by atoms with E-state index in [1.807, 2.05) is 13.1 Å². The molecule has 5 heteroatoms. The van der Waals surface area contributed by atoms with Gasteiger partial charge in [0, 0.05) is 24.4 Å². The van der Waals surface area contributed by atoms with E-state index < -0.39 is 0 Å². The molecule has 2 nitrogen and oxygen atoms in total. The van der Waals surface area contributed by atoms with E-state index in [1.165, 1.54) is 12.1 Å². The average Bonchev–Trinajstić information content (AvgIpc) is 2.74. The molecule has 1 aliphatic heterocycles. The van der Waals surface area contributed by atoms with E-state index in [0.29, 0.717) is 22.5 Å². The lowest BCUT2D eigenvalue weighted by Gasteiger charge is -2.12. The maximum atomic E-state index is 13.2. The van der Waals surface area contributed by atoms with Gasteiger partial charge in [0.1, 0.15) is 18.4 Å². The van der Waals surface area contributed by atoms with E-state index in [1.54, 1.807) is 18.2 Å². The van der Waals surface area contributed by atoms with Crippen molar-refractivity contribution in [2.24, 2.45) is 0 Å². The molecular weight excluding hydrogens is 336 g/mol. The number of halogens is 3. The van der Waals surface area contributed by atoms with Gasteiger partial charge in [-0.3, -0.25) is 0 Å². The Kier molecular flexibility index (Phi) is 4.11. The first-order valence-electron chi connectivity index (χ1n) is 7.28. The lowest BCUT2D eigenvalue weighted by molar-refractivity contribution is -0.562. The van der Waals surface area contributed by atoms with Crippen molar-refractivity contribution in [1.29, 1.82) is 0 Å². The molecule has 2 aromatic carbocycles. The van der Waals surface area contributed by atoms with Gasteiger partial charge in [-0.15, -0.1) is 0 Å². The highest BCUT2D eigenvalue weighted by molar-refractivity contribution is 6.37. The summed E-state index contributed by atoms with van der Waals surface area (Å²) in [7, 11) is 1.97. The Morgan fingerprint density at radius 3 is 2.35 bits per heavy atom. The Labute approximate surface area is 145 Å². The second-order valence-corrected chi connectivity index (χ2v) is 7.13. The van der Waals surface area contributed by atoms with Crippen LogP contribution in [0.4, 0.5) is 4.39 Å². The van der Waals surface area contributed by atoms with Crippen LogP contribution in [-0.2, 0) is 4.74 Å². The first-order valence-corrected chi connectivity index (χ1v) is 8.04. The van der Waals surface area contributed by atoms with Crippen molar-refractivity contribution in [2.75, 3.05) is 13.7 Å². The minimum atomic E-state index is -0.286. The van der Waals surface area contributed by atoms with Crippen LogP contribution in [0.15, 0.2) is 36.4 Å². The molecule has 0 saturated heterocycles. The number of rotatable bonds is 2. The number of hydrogen-bond acceptors (Lipinski definition) is 1. The third kappa shape index (κ3) is 2.96. The van der Waals surface area contributed by atoms with Crippen LogP contribution in [0, 0.1) is 5.82 Å². The van der Waals surface area contributed by atoms with Crippen molar-refractivity contribution in [3.8, 4) is 11.1 Å². The lowest BCUT2D eigenvalue weighted by Crippen LogP contribution is -2.33. The molecule has 0 bridgehead atoms. The highest BCUT2D eigenvalue weighted by atomic mass is 35.5. The Morgan fingerprint density at radius 1 is 1.13 bits per heavy atom. The topological polar surface area (TPSA) is 12.2 Å². The van der Waals surface area contributed by atoms with Crippen LogP contribution in [0.5, 0.6) is 0 Å². The molecule has 0 fully saturated rings. The number of likely N-dealkylation sites (N-methyl/N-ethyl adjacent to an activating group) is 1. The molecule has 2 aromatic rings. The molecule has 1 heterocycles. The van der Waals surface area contributed by atoms with Gasteiger partial charge < -0.3 is 4.74 Å². The molecule has 0 atom stereocenters. The Balaban J connectivity index is 2.25. The van der Waals surface area contributed by atoms with Crippen molar-refractivity contribution in [3.05, 3.63) is 57.8 Å². The fraction of sp³-hybridized carbons (Fsp3) is 0.278. The number of nitrogens with zero attached hydrogens (tertiary/aromatic N) is 1. The minimum absolute atomic E-state index is 0.127. The summed E-state index contributed by atoms with van der Waals surface area (Å²) >= 11 is 12.6. The summed E-state index contributed by atoms with van der Waals surface area (Å²) in [6.45, 7) is 4.77. The summed E-state index contributed by atoms with van der Waals surface area (Å²) in [4.78, 5) is 0. The van der Waals surface area contributed by atoms with Gasteiger partial charge in [0.15, 0.2) is 12.1 Å². The predicted molar refractivity (Wildman–Crippen MR) is 92.2 cm³/mol. The number of ether oxygens (including phenoxy) is 1. The van der Waals surface area contributed by atoms with Gasteiger partial charge in [0.2, 0.25) is 0 Å². The molecule has 23 heavy (non-hydrogen) atoms. The van der Waals surface area contributed by atoms with Gasteiger partial charge in [-0.1, -0.05) is 35.3 Å². The van der Waals surface area contributed by atoms with Crippen molar-refractivity contribution in [2.45, 2.75) is 19.4 Å². The lowest BCUT2D eigenvalue weighted by atomic mass is 9.99. The maximum absolute atomic E-state index is 13.2. The quantitative estimate of drug-likeness (QED) is 0.693. The summed E-state index contributed by atoms with van der Waals surface area (Å²) in [5, 5.41) is 1.04. The van der Waals surface area contributed by atoms with Gasteiger partial charge in [-0.05, 0) is 29.8 Å². The highest BCUT2D eigenvalue weighted by Crippen LogP contribution is 2.35. The zero-order valence-electron chi connectivity index (χ0n) is 13.2. The van der Waals surface area contributed by atoms with Gasteiger partial charge >= 0.3 is 5.90 Å². The standard InChI is InChI=1S/C18H17Cl2FNO/c1-18(2)10-23-17(22(18)3)16-14(8-12(19)9-15(16)20)11-4-6-13(21)7-5-11/h4-9H,10H2,1-3H3/q+1. The van der Waals surface area contributed by atoms with E-state index in [-0.39, 0.29) is 11.4 Å². The minimum Gasteiger partial charge on any atom is -0.437 e. The molecule has 0 N–H and O–H groups in total. The maximum Gasteiger partial charge on any atom is 0.372 e. The van der Waals surface area contributed by atoms with Gasteiger partial charge in [-0.2, -0.15) is 4.58 Å². The zero-order chi connectivity index (χ0) is 16.8. The molecule has 0 saturated carbocycles. The summed E-state index contributed by atoms with van der Waals surface area (Å²) in [5.41, 5.74) is 2.30. The monoisotopic (exact) mass is 352 g/mol. The van der Waals surface area contributed by atoms with Gasteiger partial charge in [0.05, 0.1) is 5.02 Å². The van der Waals surface area contributed by atoms with Crippen LogP contribution in [0.1, 0.15) is 19.4 Å². The fourth-order valence-corrected chi connectivity index (χ4v) is 3.18. The number of hydrogen-bond donors (Lipinski definition) is 0. The second-order valence-electron chi connectivity index (χ2n) is 6.28. The molecule has 0 unspecified atom stereocenters. The van der Waals surface area contributed by atoms with Crippen molar-refractivity contribution in [3.63, 3.8) is 0 Å². The van der Waals surface area contributed by atoms with E-state index in [4.69, 9.17) is 27.9 Å². The Bertz CT molecular complexity index is 797. The van der Waals surface area contributed by atoms with Crippen molar-refractivity contribution < 1.29 is 13.7 Å². The summed E-state index contributed by atoms with van der Waals surface area (Å²) in [5.74, 6) is 0.419. The van der Waals surface area contributed by atoms with E-state index >= 15 is 0 Å². The van der Waals surface area contributed by atoms with E-state index in [2.05, 4.69) is 18.4 Å². The van der Waals surface area contributed by atoms with Gasteiger partial charge in [0.25, 0.3) is 0 Å². The summed E-state index contributed by atoms with van der Waals surface area (Å²) in [6.07, 6.45) is 0. The smallest absolute Gasteiger partial charge is 0.372 e. The van der Waals surface area contributed by atoms with E-state index in [9.17, 15) is 4.39 Å². The molecule has 0 radical (unpaired) electrons. The SMILES string of the molecule is C[N+]1=C(c2c(Cl)cc(Cl)cc2-c2ccc(F)cc2)OCC1(C)C. The Hall–Kier alpha value is -1.58. The first-order chi connectivity index (χ1) is 10.8. The highest BCUT2D eigenvalue weighted by Gasteiger charge is 2.42. The summed E-state index contributed by atoms with van der Waals surface area (Å²) in [6, 6.07) is 9.78. The van der Waals surface area contributed by atoms with Crippen molar-refractivity contribution in [1.82, 2.24) is 0 Å². The normalized spacial score (nSPS) is 16.6. The second kappa shape index (κ2) is 5.81. The molecular formula is C18H17Cl2FNO+. The van der Waals surface area contributed by atoms with Gasteiger partial charge in [-0.25, -0.2) is 4.39 Å². The number of benzene rings is 2. The largest absolute Gasteiger partial charge is 0.437 e. The molecule has 0 aromatic heterocycles. The van der Waals surface area contributed by atoms with Crippen LogP contribution >= 0.6 is 23.2 Å². The van der Waals surface area contributed by atoms with Crippen LogP contribution in [0.3, 0.4) is 0 Å². The van der Waals surface area contributed by atoms with Crippen LogP contribution in [0.25, 0.3) is 11.1 Å². The Morgan fingerprint density at radius 2 is 1.78 bits per heavy atom. The fourth-order valence-electron chi connectivity index (χ4n) is 2.60. The van der Waals surface area contributed by atoms with Crippen molar-refractivity contribution >= 4 is 29.1 Å². The molecule has 1 aliphatic rings. The third-order valence-corrected chi connectivity index (χ3v) is 4.72. The first kappa shape index (κ1) is 16.3. The zero-order valence-corrected chi connectivity index (χ0v) is 14.7. The molecule has 3 rings (SSSR count). The van der Waals surface area contributed by atoms with Crippen LogP contribution in [-0.4, -0.2) is 29.7 Å². The molecule has 0 spiro atoms. The molecule has 0 aliphatic carbocycles. The predicted octanol–water partition coefficient (Wildman–Crippen LogP) is 5.00.